The Bertz CT molecular complexity index is 725. The van der Waals surface area contributed by atoms with E-state index in [2.05, 4.69) is 56.3 Å². The second-order valence-electron chi connectivity index (χ2n) is 6.28. The molecule has 120 valence electrons. The molecule has 2 aromatic carbocycles. The largest absolute Gasteiger partial charge is 0.337 e. The minimum Gasteiger partial charge on any atom is -0.337 e. The van der Waals surface area contributed by atoms with Gasteiger partial charge in [0, 0.05) is 18.0 Å². The van der Waals surface area contributed by atoms with Crippen molar-refractivity contribution in [3.8, 4) is 0 Å². The molecular weight excluding hydrogens is 302 g/mol. The Labute approximate surface area is 142 Å². The molecule has 0 aromatic heterocycles. The lowest BCUT2D eigenvalue weighted by Crippen LogP contribution is -2.40. The summed E-state index contributed by atoms with van der Waals surface area (Å²) in [6.07, 6.45) is 0.961. The molecule has 0 N–H and O–H groups in total. The van der Waals surface area contributed by atoms with E-state index >= 15 is 0 Å². The molecule has 0 fully saturated rings. The fourth-order valence-corrected chi connectivity index (χ4v) is 4.03. The minimum atomic E-state index is -0.0534. The SMILES string of the molecule is Cc1ccc(SC(C)C(=O)N2CCc3ccccc3C2)cc1C. The van der Waals surface area contributed by atoms with E-state index in [9.17, 15) is 4.79 Å². The lowest BCUT2D eigenvalue weighted by Gasteiger charge is -2.30. The molecule has 3 heteroatoms. The number of benzene rings is 2. The lowest BCUT2D eigenvalue weighted by atomic mass is 10.00. The van der Waals surface area contributed by atoms with Crippen LogP contribution < -0.4 is 0 Å². The normalized spacial score (nSPS) is 15.2. The predicted molar refractivity (Wildman–Crippen MR) is 96.8 cm³/mol. The van der Waals surface area contributed by atoms with Gasteiger partial charge in [0.25, 0.3) is 0 Å². The van der Waals surface area contributed by atoms with Gasteiger partial charge in [0.05, 0.1) is 5.25 Å². The van der Waals surface area contributed by atoms with Gasteiger partial charge in [-0.15, -0.1) is 11.8 Å². The molecule has 1 aliphatic rings. The van der Waals surface area contributed by atoms with E-state index in [0.29, 0.717) is 0 Å². The summed E-state index contributed by atoms with van der Waals surface area (Å²) < 4.78 is 0. The summed E-state index contributed by atoms with van der Waals surface area (Å²) >= 11 is 1.66. The first-order chi connectivity index (χ1) is 11.0. The van der Waals surface area contributed by atoms with Gasteiger partial charge in [-0.2, -0.15) is 0 Å². The van der Waals surface area contributed by atoms with E-state index in [1.807, 2.05) is 11.8 Å². The van der Waals surface area contributed by atoms with Crippen molar-refractivity contribution in [2.75, 3.05) is 6.54 Å². The highest BCUT2D eigenvalue weighted by atomic mass is 32.2. The summed E-state index contributed by atoms with van der Waals surface area (Å²) in [5.41, 5.74) is 5.24. The predicted octanol–water partition coefficient (Wildman–Crippen LogP) is 4.37. The average molecular weight is 325 g/mol. The number of carbonyl (C=O) groups is 1. The fourth-order valence-electron chi connectivity index (χ4n) is 2.98. The summed E-state index contributed by atoms with van der Waals surface area (Å²) in [7, 11) is 0. The lowest BCUT2D eigenvalue weighted by molar-refractivity contribution is -0.131. The zero-order chi connectivity index (χ0) is 16.4. The molecule has 0 saturated carbocycles. The van der Waals surface area contributed by atoms with Gasteiger partial charge in [-0.3, -0.25) is 4.79 Å². The van der Waals surface area contributed by atoms with Crippen LogP contribution in [0.5, 0.6) is 0 Å². The van der Waals surface area contributed by atoms with Gasteiger partial charge in [0.15, 0.2) is 0 Å². The first kappa shape index (κ1) is 16.1. The molecular formula is C20H23NOS. The molecule has 0 saturated heterocycles. The van der Waals surface area contributed by atoms with Gasteiger partial charge >= 0.3 is 0 Å². The molecule has 0 aliphatic carbocycles. The van der Waals surface area contributed by atoms with Crippen LogP contribution in [0.4, 0.5) is 0 Å². The molecule has 0 radical (unpaired) electrons. The number of thioether (sulfide) groups is 1. The van der Waals surface area contributed by atoms with Crippen molar-refractivity contribution in [3.05, 3.63) is 64.7 Å². The molecule has 0 bridgehead atoms. The van der Waals surface area contributed by atoms with E-state index < -0.39 is 0 Å². The third-order valence-corrected chi connectivity index (χ3v) is 5.66. The van der Waals surface area contributed by atoms with Crippen LogP contribution in [0, 0.1) is 13.8 Å². The van der Waals surface area contributed by atoms with Crippen LogP contribution >= 0.6 is 11.8 Å². The maximum Gasteiger partial charge on any atom is 0.236 e. The number of amides is 1. The van der Waals surface area contributed by atoms with Crippen LogP contribution in [-0.4, -0.2) is 22.6 Å². The Balaban J connectivity index is 1.67. The van der Waals surface area contributed by atoms with E-state index in [-0.39, 0.29) is 11.2 Å². The van der Waals surface area contributed by atoms with Gasteiger partial charge in [0.1, 0.15) is 0 Å². The minimum absolute atomic E-state index is 0.0534. The standard InChI is InChI=1S/C20H23NOS/c1-14-8-9-19(12-15(14)2)23-16(3)20(22)21-11-10-17-6-4-5-7-18(17)13-21/h4-9,12,16H,10-11,13H2,1-3H3. The monoisotopic (exact) mass is 325 g/mol. The molecule has 2 aromatic rings. The third-order valence-electron chi connectivity index (χ3n) is 4.58. The highest BCUT2D eigenvalue weighted by Crippen LogP contribution is 2.28. The van der Waals surface area contributed by atoms with E-state index in [4.69, 9.17) is 0 Å². The van der Waals surface area contributed by atoms with E-state index in [0.717, 1.165) is 19.5 Å². The number of hydrogen-bond acceptors (Lipinski definition) is 2. The quantitative estimate of drug-likeness (QED) is 0.781. The molecule has 1 atom stereocenters. The topological polar surface area (TPSA) is 20.3 Å². The fraction of sp³-hybridized carbons (Fsp3) is 0.350. The zero-order valence-electron chi connectivity index (χ0n) is 14.0. The molecule has 23 heavy (non-hydrogen) atoms. The molecule has 3 rings (SSSR count). The molecule has 1 aliphatic heterocycles. The van der Waals surface area contributed by atoms with E-state index in [1.165, 1.54) is 27.1 Å². The Morgan fingerprint density at radius 2 is 1.83 bits per heavy atom. The summed E-state index contributed by atoms with van der Waals surface area (Å²) in [5.74, 6) is 0.239. The molecule has 1 amide bonds. The van der Waals surface area contributed by atoms with Gasteiger partial charge in [0.2, 0.25) is 5.91 Å². The Morgan fingerprint density at radius 3 is 2.57 bits per heavy atom. The van der Waals surface area contributed by atoms with Crippen molar-refractivity contribution in [2.45, 2.75) is 43.9 Å². The van der Waals surface area contributed by atoms with Crippen LogP contribution in [0.3, 0.4) is 0 Å². The van der Waals surface area contributed by atoms with Crippen molar-refractivity contribution in [1.82, 2.24) is 4.90 Å². The molecule has 1 unspecified atom stereocenters. The summed E-state index contributed by atoms with van der Waals surface area (Å²) in [6.45, 7) is 7.82. The van der Waals surface area contributed by atoms with Crippen LogP contribution in [0.1, 0.15) is 29.2 Å². The summed E-state index contributed by atoms with van der Waals surface area (Å²) in [4.78, 5) is 15.9. The first-order valence-corrected chi connectivity index (χ1v) is 9.02. The average Bonchev–Trinajstić information content (AvgIpc) is 2.57. The number of aryl methyl sites for hydroxylation is 2. The van der Waals surface area contributed by atoms with Crippen molar-refractivity contribution >= 4 is 17.7 Å². The molecule has 1 heterocycles. The first-order valence-electron chi connectivity index (χ1n) is 8.14. The number of carbonyl (C=O) groups excluding carboxylic acids is 1. The summed E-state index contributed by atoms with van der Waals surface area (Å²) in [5, 5.41) is -0.0534. The van der Waals surface area contributed by atoms with Crippen LogP contribution in [0.2, 0.25) is 0 Å². The van der Waals surface area contributed by atoms with Crippen LogP contribution in [-0.2, 0) is 17.8 Å². The second kappa shape index (κ2) is 6.79. The van der Waals surface area contributed by atoms with Crippen molar-refractivity contribution in [2.24, 2.45) is 0 Å². The van der Waals surface area contributed by atoms with Gasteiger partial charge in [-0.1, -0.05) is 30.3 Å². The molecule has 2 nitrogen and oxygen atoms in total. The summed E-state index contributed by atoms with van der Waals surface area (Å²) in [6, 6.07) is 14.9. The number of nitrogens with zero attached hydrogens (tertiary/aromatic N) is 1. The third kappa shape index (κ3) is 3.61. The Hall–Kier alpha value is -1.74. The van der Waals surface area contributed by atoms with Gasteiger partial charge in [-0.25, -0.2) is 0 Å². The maximum absolute atomic E-state index is 12.8. The highest BCUT2D eigenvalue weighted by molar-refractivity contribution is 8.00. The Morgan fingerprint density at radius 1 is 1.09 bits per heavy atom. The second-order valence-corrected chi connectivity index (χ2v) is 7.70. The highest BCUT2D eigenvalue weighted by Gasteiger charge is 2.25. The molecule has 0 spiro atoms. The maximum atomic E-state index is 12.8. The smallest absolute Gasteiger partial charge is 0.236 e. The van der Waals surface area contributed by atoms with E-state index in [1.54, 1.807) is 11.8 Å². The van der Waals surface area contributed by atoms with Gasteiger partial charge in [-0.05, 0) is 61.6 Å². The number of rotatable bonds is 3. The van der Waals surface area contributed by atoms with Crippen molar-refractivity contribution < 1.29 is 4.79 Å². The number of hydrogen-bond donors (Lipinski definition) is 0. The van der Waals surface area contributed by atoms with Crippen LogP contribution in [0.25, 0.3) is 0 Å². The zero-order valence-corrected chi connectivity index (χ0v) is 14.8. The van der Waals surface area contributed by atoms with Crippen LogP contribution in [0.15, 0.2) is 47.4 Å². The van der Waals surface area contributed by atoms with Crippen molar-refractivity contribution in [3.63, 3.8) is 0 Å². The Kier molecular flexibility index (Phi) is 4.76. The number of fused-ring (bicyclic) bond motifs is 1. The van der Waals surface area contributed by atoms with Crippen molar-refractivity contribution in [1.29, 1.82) is 0 Å². The van der Waals surface area contributed by atoms with Gasteiger partial charge < -0.3 is 4.90 Å².